The molecule has 3 rings (SSSR count). The molecule has 0 bridgehead atoms. The molecular weight excluding hydrogens is 444 g/mol. The van der Waals surface area contributed by atoms with Crippen molar-refractivity contribution in [2.75, 3.05) is 13.7 Å². The number of methoxy groups -OCH3 is 1. The molecule has 0 aromatic heterocycles. The van der Waals surface area contributed by atoms with Crippen LogP contribution in [-0.2, 0) is 38.8 Å². The standard InChI is InChI=1S/C29H36O6/c1-22(32-2)28(34-19-24-14-8-4-9-15-24)27(31)29(35-20-25-16-10-5-11-17-25)26(30)21-33-18-23-12-6-3-7-13-23/h3-17,22,26-31H,18-21H2,1-2H3. The van der Waals surface area contributed by atoms with Crippen LogP contribution in [0.3, 0.4) is 0 Å². The molecule has 3 aromatic rings. The Morgan fingerprint density at radius 2 is 1.06 bits per heavy atom. The third-order valence-electron chi connectivity index (χ3n) is 5.86. The maximum atomic E-state index is 11.4. The van der Waals surface area contributed by atoms with E-state index in [0.717, 1.165) is 16.7 Å². The van der Waals surface area contributed by atoms with Gasteiger partial charge in [-0.05, 0) is 23.6 Å². The zero-order chi connectivity index (χ0) is 24.9. The Morgan fingerprint density at radius 1 is 0.629 bits per heavy atom. The van der Waals surface area contributed by atoms with Crippen molar-refractivity contribution in [2.45, 2.75) is 57.3 Å². The highest BCUT2D eigenvalue weighted by Crippen LogP contribution is 2.20. The van der Waals surface area contributed by atoms with Crippen LogP contribution in [0.25, 0.3) is 0 Å². The Morgan fingerprint density at radius 3 is 1.51 bits per heavy atom. The third-order valence-corrected chi connectivity index (χ3v) is 5.86. The largest absolute Gasteiger partial charge is 0.388 e. The van der Waals surface area contributed by atoms with Crippen LogP contribution in [0.15, 0.2) is 91.0 Å². The molecule has 0 saturated carbocycles. The van der Waals surface area contributed by atoms with Crippen molar-refractivity contribution in [1.82, 2.24) is 0 Å². The smallest absolute Gasteiger partial charge is 0.115 e. The van der Waals surface area contributed by atoms with Crippen molar-refractivity contribution in [3.05, 3.63) is 108 Å². The molecule has 35 heavy (non-hydrogen) atoms. The highest BCUT2D eigenvalue weighted by atomic mass is 16.6. The molecule has 0 saturated heterocycles. The summed E-state index contributed by atoms with van der Waals surface area (Å²) in [4.78, 5) is 0. The van der Waals surface area contributed by atoms with Gasteiger partial charge >= 0.3 is 0 Å². The highest BCUT2D eigenvalue weighted by Gasteiger charge is 2.37. The first-order valence-electron chi connectivity index (χ1n) is 11.9. The normalized spacial score (nSPS) is 15.8. The van der Waals surface area contributed by atoms with E-state index in [1.165, 1.54) is 0 Å². The molecule has 6 heteroatoms. The van der Waals surface area contributed by atoms with E-state index in [0.29, 0.717) is 13.2 Å². The predicted octanol–water partition coefficient (Wildman–Crippen LogP) is 4.13. The van der Waals surface area contributed by atoms with E-state index in [1.807, 2.05) is 97.9 Å². The topological polar surface area (TPSA) is 77.4 Å². The van der Waals surface area contributed by atoms with Gasteiger partial charge in [0.1, 0.15) is 24.4 Å². The fourth-order valence-electron chi connectivity index (χ4n) is 3.77. The number of aliphatic hydroxyl groups excluding tert-OH is 2. The average Bonchev–Trinajstić information content (AvgIpc) is 2.90. The summed E-state index contributed by atoms with van der Waals surface area (Å²) >= 11 is 0. The number of hydrogen-bond donors (Lipinski definition) is 2. The van der Waals surface area contributed by atoms with Crippen LogP contribution in [0.2, 0.25) is 0 Å². The van der Waals surface area contributed by atoms with Crippen molar-refractivity contribution < 1.29 is 29.2 Å². The lowest BCUT2D eigenvalue weighted by atomic mass is 9.99. The molecule has 6 nitrogen and oxygen atoms in total. The quantitative estimate of drug-likeness (QED) is 0.341. The molecule has 0 aliphatic rings. The summed E-state index contributed by atoms with van der Waals surface area (Å²) in [6, 6.07) is 29.1. The molecule has 0 fully saturated rings. The monoisotopic (exact) mass is 480 g/mol. The summed E-state index contributed by atoms with van der Waals surface area (Å²) in [6.07, 6.45) is -4.36. The van der Waals surface area contributed by atoms with Gasteiger partial charge in [0.05, 0.1) is 32.5 Å². The van der Waals surface area contributed by atoms with Gasteiger partial charge in [0.15, 0.2) is 0 Å². The van der Waals surface area contributed by atoms with Gasteiger partial charge < -0.3 is 29.2 Å². The average molecular weight is 481 g/mol. The van der Waals surface area contributed by atoms with E-state index < -0.39 is 30.5 Å². The molecule has 0 radical (unpaired) electrons. The van der Waals surface area contributed by atoms with Crippen LogP contribution >= 0.6 is 0 Å². The van der Waals surface area contributed by atoms with Crippen molar-refractivity contribution in [3.63, 3.8) is 0 Å². The minimum absolute atomic E-state index is 0.00181. The molecule has 0 aliphatic carbocycles. The maximum Gasteiger partial charge on any atom is 0.115 e. The van der Waals surface area contributed by atoms with Crippen LogP contribution in [0, 0.1) is 0 Å². The van der Waals surface area contributed by atoms with E-state index in [1.54, 1.807) is 7.11 Å². The Bertz CT molecular complexity index is 937. The van der Waals surface area contributed by atoms with Gasteiger partial charge in [-0.15, -0.1) is 0 Å². The lowest BCUT2D eigenvalue weighted by Gasteiger charge is -2.35. The van der Waals surface area contributed by atoms with Gasteiger partial charge in [0.2, 0.25) is 0 Å². The van der Waals surface area contributed by atoms with Crippen molar-refractivity contribution in [1.29, 1.82) is 0 Å². The summed E-state index contributed by atoms with van der Waals surface area (Å²) < 4.78 is 23.4. The Hall–Kier alpha value is -2.58. The molecule has 3 aromatic carbocycles. The second-order valence-electron chi connectivity index (χ2n) is 8.52. The van der Waals surface area contributed by atoms with E-state index in [-0.39, 0.29) is 13.2 Å². The molecule has 0 aliphatic heterocycles. The summed E-state index contributed by atoms with van der Waals surface area (Å²) in [5.41, 5.74) is 2.91. The van der Waals surface area contributed by atoms with Gasteiger partial charge in [-0.2, -0.15) is 0 Å². The van der Waals surface area contributed by atoms with Crippen LogP contribution in [-0.4, -0.2) is 54.4 Å². The van der Waals surface area contributed by atoms with Gasteiger partial charge in [-0.25, -0.2) is 0 Å². The van der Waals surface area contributed by atoms with Gasteiger partial charge in [0.25, 0.3) is 0 Å². The molecule has 2 N–H and O–H groups in total. The van der Waals surface area contributed by atoms with Crippen molar-refractivity contribution in [2.24, 2.45) is 0 Å². The Balaban J connectivity index is 1.70. The number of hydrogen-bond acceptors (Lipinski definition) is 6. The second kappa shape index (κ2) is 14.7. The summed E-state index contributed by atoms with van der Waals surface area (Å²) in [5.74, 6) is 0. The zero-order valence-electron chi connectivity index (χ0n) is 20.4. The molecule has 0 amide bonds. The Kier molecular flexibility index (Phi) is 11.4. The van der Waals surface area contributed by atoms with Gasteiger partial charge in [-0.3, -0.25) is 0 Å². The molecule has 0 heterocycles. The molecule has 0 spiro atoms. The maximum absolute atomic E-state index is 11.4. The first-order chi connectivity index (χ1) is 17.1. The Labute approximate surface area is 208 Å². The first kappa shape index (κ1) is 27.0. The minimum atomic E-state index is -1.16. The van der Waals surface area contributed by atoms with Crippen molar-refractivity contribution >= 4 is 0 Å². The predicted molar refractivity (Wildman–Crippen MR) is 135 cm³/mol. The van der Waals surface area contributed by atoms with E-state index in [9.17, 15) is 10.2 Å². The summed E-state index contributed by atoms with van der Waals surface area (Å²) in [5, 5.41) is 22.4. The number of ether oxygens (including phenoxy) is 4. The number of benzene rings is 3. The lowest BCUT2D eigenvalue weighted by molar-refractivity contribution is -0.186. The van der Waals surface area contributed by atoms with Crippen LogP contribution in [0.4, 0.5) is 0 Å². The van der Waals surface area contributed by atoms with Crippen LogP contribution in [0.1, 0.15) is 23.6 Å². The highest BCUT2D eigenvalue weighted by molar-refractivity contribution is 5.15. The van der Waals surface area contributed by atoms with Crippen molar-refractivity contribution in [3.8, 4) is 0 Å². The summed E-state index contributed by atoms with van der Waals surface area (Å²) in [7, 11) is 1.56. The number of rotatable bonds is 15. The zero-order valence-corrected chi connectivity index (χ0v) is 20.4. The lowest BCUT2D eigenvalue weighted by Crippen LogP contribution is -2.52. The molecule has 5 atom stereocenters. The van der Waals surface area contributed by atoms with Gasteiger partial charge in [-0.1, -0.05) is 91.0 Å². The first-order valence-corrected chi connectivity index (χ1v) is 11.9. The minimum Gasteiger partial charge on any atom is -0.388 e. The van der Waals surface area contributed by atoms with Gasteiger partial charge in [0, 0.05) is 7.11 Å². The van der Waals surface area contributed by atoms with E-state index >= 15 is 0 Å². The van der Waals surface area contributed by atoms with Crippen LogP contribution < -0.4 is 0 Å². The fourth-order valence-corrected chi connectivity index (χ4v) is 3.77. The molecular formula is C29H36O6. The SMILES string of the molecule is COC(C)C(OCc1ccccc1)C(O)C(OCc1ccccc1)C(O)COCc1ccccc1. The fraction of sp³-hybridized carbons (Fsp3) is 0.379. The van der Waals surface area contributed by atoms with E-state index in [4.69, 9.17) is 18.9 Å². The summed E-state index contributed by atoms with van der Waals surface area (Å²) in [6.45, 7) is 2.69. The van der Waals surface area contributed by atoms with E-state index in [2.05, 4.69) is 0 Å². The molecule has 5 unspecified atom stereocenters. The number of aliphatic hydroxyl groups is 2. The molecule has 188 valence electrons. The third kappa shape index (κ3) is 8.85. The van der Waals surface area contributed by atoms with Crippen LogP contribution in [0.5, 0.6) is 0 Å². The second-order valence-corrected chi connectivity index (χ2v) is 8.52.